The van der Waals surface area contributed by atoms with Crippen LogP contribution in [0.1, 0.15) is 5.56 Å². The third kappa shape index (κ3) is 5.58. The number of aliphatic hydroxyl groups excluding tert-OH is 1. The fraction of sp³-hybridized carbons (Fsp3) is 0.250. The maximum atomic E-state index is 9.94. The molecule has 2 N–H and O–H groups in total. The second-order valence-electron chi connectivity index (χ2n) is 4.82. The second kappa shape index (κ2) is 7.69. The normalized spacial score (nSPS) is 12.0. The van der Waals surface area contributed by atoms with E-state index in [2.05, 4.69) is 21.2 Å². The minimum absolute atomic E-state index is 0.224. The van der Waals surface area contributed by atoms with Crippen molar-refractivity contribution in [1.29, 1.82) is 0 Å². The molecule has 21 heavy (non-hydrogen) atoms. The molecule has 0 aliphatic carbocycles. The Morgan fingerprint density at radius 3 is 2.62 bits per heavy atom. The van der Waals surface area contributed by atoms with Crippen LogP contribution in [0.5, 0.6) is 5.75 Å². The lowest BCUT2D eigenvalue weighted by Crippen LogP contribution is -2.26. The summed E-state index contributed by atoms with van der Waals surface area (Å²) in [6.45, 7) is 2.67. The smallest absolute Gasteiger partial charge is 0.119 e. The Morgan fingerprint density at radius 2 is 1.95 bits per heavy atom. The molecule has 0 saturated heterocycles. The van der Waals surface area contributed by atoms with E-state index in [9.17, 15) is 5.11 Å². The van der Waals surface area contributed by atoms with Gasteiger partial charge in [-0.15, -0.1) is 0 Å². The SMILES string of the molecule is Cc1cc(Br)cc(NCC(O)COc2ccc(Cl)cc2)c1. The monoisotopic (exact) mass is 369 g/mol. The molecule has 2 aromatic carbocycles. The number of ether oxygens (including phenoxy) is 1. The Kier molecular flexibility index (Phi) is 5.91. The molecular formula is C16H17BrClNO2. The average molecular weight is 371 g/mol. The van der Waals surface area contributed by atoms with Gasteiger partial charge in [-0.2, -0.15) is 0 Å². The van der Waals surface area contributed by atoms with Crippen molar-refractivity contribution in [3.8, 4) is 5.75 Å². The van der Waals surface area contributed by atoms with Crippen LogP contribution in [0.15, 0.2) is 46.9 Å². The highest BCUT2D eigenvalue weighted by Gasteiger charge is 2.06. The van der Waals surface area contributed by atoms with Gasteiger partial charge < -0.3 is 15.2 Å². The van der Waals surface area contributed by atoms with Crippen molar-refractivity contribution < 1.29 is 9.84 Å². The molecule has 0 saturated carbocycles. The minimum Gasteiger partial charge on any atom is -0.491 e. The summed E-state index contributed by atoms with van der Waals surface area (Å²) in [4.78, 5) is 0. The highest BCUT2D eigenvalue weighted by atomic mass is 79.9. The van der Waals surface area contributed by atoms with Crippen LogP contribution in [0.4, 0.5) is 5.69 Å². The molecule has 0 aliphatic heterocycles. The molecule has 112 valence electrons. The van der Waals surface area contributed by atoms with Crippen LogP contribution in [0.25, 0.3) is 0 Å². The Hall–Kier alpha value is -1.23. The molecule has 2 aromatic rings. The first-order valence-corrected chi connectivity index (χ1v) is 7.77. The highest BCUT2D eigenvalue weighted by Crippen LogP contribution is 2.19. The standard InChI is InChI=1S/C16H17BrClNO2/c1-11-6-12(17)8-14(7-11)19-9-15(20)10-21-16-4-2-13(18)3-5-16/h2-8,15,19-20H,9-10H2,1H3. The van der Waals surface area contributed by atoms with Crippen molar-refractivity contribution in [2.45, 2.75) is 13.0 Å². The first kappa shape index (κ1) is 16.1. The van der Waals surface area contributed by atoms with Gasteiger partial charge in [0, 0.05) is 21.7 Å². The summed E-state index contributed by atoms with van der Waals surface area (Å²) >= 11 is 9.25. The van der Waals surface area contributed by atoms with E-state index in [1.807, 2.05) is 25.1 Å². The summed E-state index contributed by atoms with van der Waals surface area (Å²) < 4.78 is 6.51. The molecule has 0 amide bonds. The van der Waals surface area contributed by atoms with Crippen molar-refractivity contribution in [3.63, 3.8) is 0 Å². The minimum atomic E-state index is -0.597. The predicted octanol–water partition coefficient (Wildman–Crippen LogP) is 4.26. The number of anilines is 1. The van der Waals surface area contributed by atoms with E-state index in [0.717, 1.165) is 15.7 Å². The molecule has 1 atom stereocenters. The van der Waals surface area contributed by atoms with Crippen LogP contribution in [0, 0.1) is 6.92 Å². The number of aryl methyl sites for hydroxylation is 1. The van der Waals surface area contributed by atoms with Gasteiger partial charge in [0.05, 0.1) is 0 Å². The third-order valence-electron chi connectivity index (χ3n) is 2.84. The molecule has 1 unspecified atom stereocenters. The molecule has 0 fully saturated rings. The summed E-state index contributed by atoms with van der Waals surface area (Å²) in [6, 6.07) is 13.1. The van der Waals surface area contributed by atoms with Crippen molar-refractivity contribution >= 4 is 33.2 Å². The van der Waals surface area contributed by atoms with Crippen molar-refractivity contribution in [3.05, 3.63) is 57.5 Å². The molecular weight excluding hydrogens is 354 g/mol. The maximum Gasteiger partial charge on any atom is 0.119 e. The van der Waals surface area contributed by atoms with Gasteiger partial charge in [-0.05, 0) is 55.0 Å². The van der Waals surface area contributed by atoms with Gasteiger partial charge in [0.1, 0.15) is 18.5 Å². The van der Waals surface area contributed by atoms with Crippen LogP contribution < -0.4 is 10.1 Å². The largest absolute Gasteiger partial charge is 0.491 e. The molecule has 5 heteroatoms. The number of benzene rings is 2. The lowest BCUT2D eigenvalue weighted by molar-refractivity contribution is 0.117. The van der Waals surface area contributed by atoms with Crippen molar-refractivity contribution in [2.75, 3.05) is 18.5 Å². The maximum absolute atomic E-state index is 9.94. The van der Waals surface area contributed by atoms with Gasteiger partial charge >= 0.3 is 0 Å². The van der Waals surface area contributed by atoms with Gasteiger partial charge in [-0.25, -0.2) is 0 Å². The van der Waals surface area contributed by atoms with E-state index in [4.69, 9.17) is 16.3 Å². The van der Waals surface area contributed by atoms with Crippen LogP contribution in [-0.4, -0.2) is 24.4 Å². The van der Waals surface area contributed by atoms with Crippen LogP contribution in [0.3, 0.4) is 0 Å². The number of hydrogen-bond acceptors (Lipinski definition) is 3. The molecule has 0 heterocycles. The molecule has 3 nitrogen and oxygen atoms in total. The predicted molar refractivity (Wildman–Crippen MR) is 90.3 cm³/mol. The molecule has 0 bridgehead atoms. The van der Waals surface area contributed by atoms with E-state index in [-0.39, 0.29) is 6.61 Å². The molecule has 2 rings (SSSR count). The number of halogens is 2. The lowest BCUT2D eigenvalue weighted by Gasteiger charge is -2.14. The molecule has 0 spiro atoms. The van der Waals surface area contributed by atoms with E-state index < -0.39 is 6.10 Å². The number of aliphatic hydroxyl groups is 1. The number of rotatable bonds is 6. The summed E-state index contributed by atoms with van der Waals surface area (Å²) in [5, 5.41) is 13.8. The van der Waals surface area contributed by atoms with Gasteiger partial charge in [-0.1, -0.05) is 27.5 Å². The Balaban J connectivity index is 1.79. The number of hydrogen-bond donors (Lipinski definition) is 2. The van der Waals surface area contributed by atoms with Gasteiger partial charge in [0.25, 0.3) is 0 Å². The first-order valence-electron chi connectivity index (χ1n) is 6.60. The first-order chi connectivity index (χ1) is 10.0. The fourth-order valence-corrected chi connectivity index (χ4v) is 2.59. The Labute approximate surface area is 138 Å². The summed E-state index contributed by atoms with van der Waals surface area (Å²) in [7, 11) is 0. The van der Waals surface area contributed by atoms with Crippen LogP contribution in [0.2, 0.25) is 5.02 Å². The fourth-order valence-electron chi connectivity index (χ4n) is 1.86. The average Bonchev–Trinajstić information content (AvgIpc) is 2.43. The van der Waals surface area contributed by atoms with E-state index >= 15 is 0 Å². The van der Waals surface area contributed by atoms with Crippen molar-refractivity contribution in [2.24, 2.45) is 0 Å². The van der Waals surface area contributed by atoms with E-state index in [1.54, 1.807) is 24.3 Å². The van der Waals surface area contributed by atoms with Crippen LogP contribution >= 0.6 is 27.5 Å². The topological polar surface area (TPSA) is 41.5 Å². The van der Waals surface area contributed by atoms with Gasteiger partial charge in [0.2, 0.25) is 0 Å². The van der Waals surface area contributed by atoms with E-state index in [1.165, 1.54) is 0 Å². The molecule has 0 aliphatic rings. The van der Waals surface area contributed by atoms with Crippen LogP contribution in [-0.2, 0) is 0 Å². The zero-order chi connectivity index (χ0) is 15.2. The van der Waals surface area contributed by atoms with Gasteiger partial charge in [-0.3, -0.25) is 0 Å². The Morgan fingerprint density at radius 1 is 1.24 bits per heavy atom. The number of nitrogens with one attached hydrogen (secondary N) is 1. The van der Waals surface area contributed by atoms with Crippen molar-refractivity contribution in [1.82, 2.24) is 0 Å². The Bertz CT molecular complexity index is 569. The van der Waals surface area contributed by atoms with Gasteiger partial charge in [0.15, 0.2) is 0 Å². The molecule has 0 radical (unpaired) electrons. The summed E-state index contributed by atoms with van der Waals surface area (Å²) in [5.41, 5.74) is 2.12. The van der Waals surface area contributed by atoms with E-state index in [0.29, 0.717) is 17.3 Å². The lowest BCUT2D eigenvalue weighted by atomic mass is 10.2. The zero-order valence-corrected chi connectivity index (χ0v) is 14.0. The summed E-state index contributed by atoms with van der Waals surface area (Å²) in [6.07, 6.45) is -0.597. The second-order valence-corrected chi connectivity index (χ2v) is 6.17. The third-order valence-corrected chi connectivity index (χ3v) is 3.55. The highest BCUT2D eigenvalue weighted by molar-refractivity contribution is 9.10. The summed E-state index contributed by atoms with van der Waals surface area (Å²) in [5.74, 6) is 0.691. The zero-order valence-electron chi connectivity index (χ0n) is 11.6. The molecule has 0 aromatic heterocycles. The quantitative estimate of drug-likeness (QED) is 0.798.